The minimum atomic E-state index is -1.04. The van der Waals surface area contributed by atoms with E-state index in [0.29, 0.717) is 24.7 Å². The fourth-order valence-electron chi connectivity index (χ4n) is 11.1. The van der Waals surface area contributed by atoms with Crippen molar-refractivity contribution in [2.45, 2.75) is 162 Å². The van der Waals surface area contributed by atoms with Gasteiger partial charge in [-0.2, -0.15) is 0 Å². The van der Waals surface area contributed by atoms with E-state index in [1.165, 1.54) is 6.92 Å². The molecular formula is C34H61NO6. The molecule has 4 aliphatic carbocycles. The van der Waals surface area contributed by atoms with Gasteiger partial charge in [0.25, 0.3) is 0 Å². The molecule has 7 nitrogen and oxygen atoms in total. The number of hydrogen-bond donors (Lipinski definition) is 5. The third-order valence-corrected chi connectivity index (χ3v) is 13.6. The van der Waals surface area contributed by atoms with Crippen molar-refractivity contribution in [2.75, 3.05) is 0 Å². The topological polar surface area (TPSA) is 133 Å². The van der Waals surface area contributed by atoms with Crippen LogP contribution < -0.4 is 5.73 Å². The Morgan fingerprint density at radius 3 is 2.15 bits per heavy atom. The summed E-state index contributed by atoms with van der Waals surface area (Å²) in [5.41, 5.74) is 3.99. The maximum atomic E-state index is 12.7. The highest BCUT2D eigenvalue weighted by atomic mass is 16.5. The molecule has 0 amide bonds. The van der Waals surface area contributed by atoms with E-state index >= 15 is 0 Å². The van der Waals surface area contributed by atoms with Crippen molar-refractivity contribution in [3.63, 3.8) is 0 Å². The van der Waals surface area contributed by atoms with Crippen molar-refractivity contribution in [2.24, 2.45) is 51.1 Å². The van der Waals surface area contributed by atoms with E-state index in [1.54, 1.807) is 0 Å². The number of fused-ring (bicyclic) bond motifs is 5. The maximum Gasteiger partial charge on any atom is 0.325 e. The fraction of sp³-hybridized carbons (Fsp3) is 0.971. The van der Waals surface area contributed by atoms with Crippen molar-refractivity contribution in [1.29, 1.82) is 0 Å². The SMILES string of the molecule is C[C@@H](O)[C@H](N)C(=O)O[C@H]1CC[C@]2(C)[C@H]3C[C@@H](O)[C@@H]4[C@@H]([C@](C)(O)CCCC(C)(C)O)CC[C@@]4(C)[C@]3(C)CC[C@H]2C1(C)C. The Kier molecular flexibility index (Phi) is 8.67. The van der Waals surface area contributed by atoms with Crippen LogP contribution in [0.3, 0.4) is 0 Å². The lowest BCUT2D eigenvalue weighted by Crippen LogP contribution is -2.67. The lowest BCUT2D eigenvalue weighted by molar-refractivity contribution is -0.249. The number of ether oxygens (including phenoxy) is 1. The Hall–Kier alpha value is -0.730. The van der Waals surface area contributed by atoms with Crippen LogP contribution in [0.25, 0.3) is 0 Å². The van der Waals surface area contributed by atoms with Crippen LogP contribution in [0.4, 0.5) is 0 Å². The van der Waals surface area contributed by atoms with Gasteiger partial charge in [-0.3, -0.25) is 4.79 Å². The molecule has 4 saturated carbocycles. The Labute approximate surface area is 249 Å². The van der Waals surface area contributed by atoms with Gasteiger partial charge in [0.15, 0.2) is 0 Å². The van der Waals surface area contributed by atoms with Gasteiger partial charge in [0.2, 0.25) is 0 Å². The number of aliphatic hydroxyl groups is 4. The first-order valence-corrected chi connectivity index (χ1v) is 16.4. The summed E-state index contributed by atoms with van der Waals surface area (Å²) in [6.45, 7) is 18.9. The van der Waals surface area contributed by atoms with Gasteiger partial charge in [-0.15, -0.1) is 0 Å². The molecule has 4 fully saturated rings. The Balaban J connectivity index is 1.58. The molecule has 41 heavy (non-hydrogen) atoms. The molecule has 0 radical (unpaired) electrons. The minimum absolute atomic E-state index is 0.00589. The summed E-state index contributed by atoms with van der Waals surface area (Å²) < 4.78 is 5.98. The molecule has 0 aromatic heterocycles. The third kappa shape index (κ3) is 5.43. The normalized spacial score (nSPS) is 45.0. The minimum Gasteiger partial charge on any atom is -0.461 e. The fourth-order valence-corrected chi connectivity index (χ4v) is 11.1. The molecule has 0 heterocycles. The van der Waals surface area contributed by atoms with Crippen LogP contribution in [0.5, 0.6) is 0 Å². The summed E-state index contributed by atoms with van der Waals surface area (Å²) in [5, 5.41) is 43.8. The number of aliphatic hydroxyl groups excluding tert-OH is 2. The number of carbonyl (C=O) groups excluding carboxylic acids is 1. The second-order valence-corrected chi connectivity index (χ2v) is 17.0. The van der Waals surface area contributed by atoms with Gasteiger partial charge in [0, 0.05) is 5.41 Å². The second-order valence-electron chi connectivity index (χ2n) is 17.0. The van der Waals surface area contributed by atoms with Crippen molar-refractivity contribution in [3.8, 4) is 0 Å². The summed E-state index contributed by atoms with van der Waals surface area (Å²) in [7, 11) is 0. The maximum absolute atomic E-state index is 12.7. The van der Waals surface area contributed by atoms with Crippen molar-refractivity contribution in [1.82, 2.24) is 0 Å². The molecule has 7 heteroatoms. The van der Waals surface area contributed by atoms with Gasteiger partial charge in [-0.25, -0.2) is 0 Å². The van der Waals surface area contributed by atoms with Gasteiger partial charge in [-0.05, 0) is 132 Å². The molecule has 0 aromatic carbocycles. The number of rotatable bonds is 8. The van der Waals surface area contributed by atoms with Crippen LogP contribution in [0.1, 0.15) is 127 Å². The van der Waals surface area contributed by atoms with Crippen LogP contribution >= 0.6 is 0 Å². The molecule has 238 valence electrons. The first kappa shape index (κ1) is 33.2. The number of esters is 1. The zero-order valence-electron chi connectivity index (χ0n) is 27.4. The summed E-state index contributed by atoms with van der Waals surface area (Å²) in [6.07, 6.45) is 6.81. The van der Waals surface area contributed by atoms with Crippen molar-refractivity contribution >= 4 is 5.97 Å². The number of nitrogens with two attached hydrogens (primary N) is 1. The van der Waals surface area contributed by atoms with Crippen LogP contribution in [0, 0.1) is 45.3 Å². The summed E-state index contributed by atoms with van der Waals surface area (Å²) >= 11 is 0. The largest absolute Gasteiger partial charge is 0.461 e. The predicted molar refractivity (Wildman–Crippen MR) is 161 cm³/mol. The molecule has 12 atom stereocenters. The Morgan fingerprint density at radius 2 is 1.56 bits per heavy atom. The summed E-state index contributed by atoms with van der Waals surface area (Å²) in [6, 6.07) is -1.04. The highest BCUT2D eigenvalue weighted by Gasteiger charge is 2.71. The first-order chi connectivity index (χ1) is 18.6. The zero-order valence-corrected chi connectivity index (χ0v) is 27.4. The van der Waals surface area contributed by atoms with Gasteiger partial charge >= 0.3 is 5.97 Å². The van der Waals surface area contributed by atoms with E-state index in [-0.39, 0.29) is 39.6 Å². The van der Waals surface area contributed by atoms with E-state index in [9.17, 15) is 25.2 Å². The van der Waals surface area contributed by atoms with Gasteiger partial charge in [0.1, 0.15) is 12.1 Å². The molecule has 4 rings (SSSR count). The first-order valence-electron chi connectivity index (χ1n) is 16.4. The number of hydrogen-bond acceptors (Lipinski definition) is 7. The highest BCUT2D eigenvalue weighted by Crippen LogP contribution is 2.76. The average Bonchev–Trinajstić information content (AvgIpc) is 3.21. The van der Waals surface area contributed by atoms with Crippen LogP contribution in [0.2, 0.25) is 0 Å². The molecular weight excluding hydrogens is 518 g/mol. The van der Waals surface area contributed by atoms with E-state index in [2.05, 4.69) is 34.6 Å². The Morgan fingerprint density at radius 1 is 0.951 bits per heavy atom. The summed E-state index contributed by atoms with van der Waals surface area (Å²) in [4.78, 5) is 12.7. The molecule has 0 bridgehead atoms. The van der Waals surface area contributed by atoms with Gasteiger partial charge in [0.05, 0.1) is 23.4 Å². The molecule has 0 aliphatic heterocycles. The molecule has 0 aromatic rings. The van der Waals surface area contributed by atoms with Gasteiger partial charge < -0.3 is 30.9 Å². The van der Waals surface area contributed by atoms with Crippen LogP contribution in [-0.4, -0.2) is 62.0 Å². The van der Waals surface area contributed by atoms with E-state index in [1.807, 2.05) is 20.8 Å². The van der Waals surface area contributed by atoms with Crippen molar-refractivity contribution < 1.29 is 30.0 Å². The van der Waals surface area contributed by atoms with Gasteiger partial charge in [-0.1, -0.05) is 34.6 Å². The standard InChI is InChI=1S/C34H61NO6/c1-20(36)27(35)28(38)41-25-13-16-31(6)23(30(25,4)5)12-18-32(7)24(31)19-22(37)26-21(11-17-33(26,32)8)34(9,40)15-10-14-29(2,3)39/h20-27,36-37,39-40H,10-19,35H2,1-9H3/t20-,21+,22-,23+,24-,25+,26+,27+,31+,32-,33-,34-/m1/s1. The molecule has 0 saturated heterocycles. The smallest absolute Gasteiger partial charge is 0.325 e. The third-order valence-electron chi connectivity index (χ3n) is 13.6. The molecule has 0 unspecified atom stereocenters. The predicted octanol–water partition coefficient (Wildman–Crippen LogP) is 4.95. The molecule has 6 N–H and O–H groups in total. The second kappa shape index (κ2) is 10.7. The van der Waals surface area contributed by atoms with E-state index < -0.39 is 35.4 Å². The van der Waals surface area contributed by atoms with Crippen LogP contribution in [-0.2, 0) is 9.53 Å². The molecule has 0 spiro atoms. The van der Waals surface area contributed by atoms with Crippen molar-refractivity contribution in [3.05, 3.63) is 0 Å². The lowest BCUT2D eigenvalue weighted by Gasteiger charge is -2.70. The lowest BCUT2D eigenvalue weighted by atomic mass is 9.35. The summed E-state index contributed by atoms with van der Waals surface area (Å²) in [5.74, 6) is 0.222. The highest BCUT2D eigenvalue weighted by molar-refractivity contribution is 5.76. The van der Waals surface area contributed by atoms with E-state index in [0.717, 1.165) is 51.4 Å². The zero-order chi connectivity index (χ0) is 31.0. The number of carbonyl (C=O) groups is 1. The average molecular weight is 580 g/mol. The Bertz CT molecular complexity index is 973. The monoisotopic (exact) mass is 579 g/mol. The van der Waals surface area contributed by atoms with Crippen LogP contribution in [0.15, 0.2) is 0 Å². The molecule has 4 aliphatic rings. The quantitative estimate of drug-likeness (QED) is 0.257. The van der Waals surface area contributed by atoms with E-state index in [4.69, 9.17) is 10.5 Å².